The number of nitrogen functional groups attached to an aromatic ring is 1. The summed E-state index contributed by atoms with van der Waals surface area (Å²) in [6, 6.07) is 16.2. The molecule has 3 rings (SSSR count). The summed E-state index contributed by atoms with van der Waals surface area (Å²) in [5.74, 6) is 0. The van der Waals surface area contributed by atoms with Crippen molar-refractivity contribution in [1.82, 2.24) is 4.31 Å². The first-order valence-corrected chi connectivity index (χ1v) is 8.45. The Balaban J connectivity index is 1.98. The van der Waals surface area contributed by atoms with E-state index in [1.54, 1.807) is 22.5 Å². The molecule has 0 saturated carbocycles. The summed E-state index contributed by atoms with van der Waals surface area (Å²) < 4.78 is 27.3. The maximum absolute atomic E-state index is 12.8. The van der Waals surface area contributed by atoms with Crippen molar-refractivity contribution < 1.29 is 8.42 Å². The molecule has 5 heteroatoms. The summed E-state index contributed by atoms with van der Waals surface area (Å²) in [5.41, 5.74) is 7.23. The van der Waals surface area contributed by atoms with Crippen LogP contribution in [0.3, 0.4) is 0 Å². The van der Waals surface area contributed by atoms with Gasteiger partial charge in [-0.3, -0.25) is 0 Å². The second-order valence-corrected chi connectivity index (χ2v) is 7.15. The van der Waals surface area contributed by atoms with Gasteiger partial charge in [0.25, 0.3) is 0 Å². The molecule has 4 nitrogen and oxygen atoms in total. The van der Waals surface area contributed by atoms with Crippen molar-refractivity contribution in [2.75, 3.05) is 12.3 Å². The van der Waals surface area contributed by atoms with Gasteiger partial charge < -0.3 is 5.73 Å². The first-order valence-electron chi connectivity index (χ1n) is 7.01. The second-order valence-electron chi connectivity index (χ2n) is 5.26. The monoisotopic (exact) mass is 302 g/mol. The minimum Gasteiger partial charge on any atom is -0.399 e. The summed E-state index contributed by atoms with van der Waals surface area (Å²) in [6.45, 7) is 0.552. The van der Waals surface area contributed by atoms with Crippen LogP contribution in [-0.4, -0.2) is 19.3 Å². The van der Waals surface area contributed by atoms with Gasteiger partial charge in [0, 0.05) is 12.2 Å². The highest BCUT2D eigenvalue weighted by Crippen LogP contribution is 2.36. The molecule has 1 unspecified atom stereocenters. The molecule has 1 atom stereocenters. The molecule has 21 heavy (non-hydrogen) atoms. The predicted octanol–water partition coefficient (Wildman–Crippen LogP) is 2.79. The third-order valence-corrected chi connectivity index (χ3v) is 5.76. The summed E-state index contributed by atoms with van der Waals surface area (Å²) in [5, 5.41) is 0. The van der Waals surface area contributed by atoms with Crippen LogP contribution in [0.25, 0.3) is 0 Å². The highest BCUT2D eigenvalue weighted by atomic mass is 32.2. The van der Waals surface area contributed by atoms with E-state index >= 15 is 0 Å². The van der Waals surface area contributed by atoms with Crippen LogP contribution in [0.4, 0.5) is 5.69 Å². The lowest BCUT2D eigenvalue weighted by atomic mass is 10.1. The second kappa shape index (κ2) is 5.50. The molecule has 0 radical (unpaired) electrons. The molecule has 0 bridgehead atoms. The number of rotatable bonds is 3. The topological polar surface area (TPSA) is 63.4 Å². The fourth-order valence-electron chi connectivity index (χ4n) is 2.85. The van der Waals surface area contributed by atoms with Crippen molar-refractivity contribution >= 4 is 15.7 Å². The van der Waals surface area contributed by atoms with Crippen molar-refractivity contribution in [2.45, 2.75) is 23.8 Å². The van der Waals surface area contributed by atoms with E-state index in [2.05, 4.69) is 0 Å². The molecule has 0 spiro atoms. The van der Waals surface area contributed by atoms with Crippen LogP contribution in [0.2, 0.25) is 0 Å². The first-order chi connectivity index (χ1) is 10.1. The Morgan fingerprint density at radius 1 is 1.05 bits per heavy atom. The summed E-state index contributed by atoms with van der Waals surface area (Å²) in [4.78, 5) is 0.269. The van der Waals surface area contributed by atoms with Crippen molar-refractivity contribution in [2.24, 2.45) is 0 Å². The molecule has 1 fully saturated rings. The fraction of sp³-hybridized carbons (Fsp3) is 0.250. The largest absolute Gasteiger partial charge is 0.399 e. The quantitative estimate of drug-likeness (QED) is 0.887. The van der Waals surface area contributed by atoms with E-state index in [1.165, 1.54) is 6.07 Å². The average molecular weight is 302 g/mol. The molecular weight excluding hydrogens is 284 g/mol. The van der Waals surface area contributed by atoms with Gasteiger partial charge in [-0.2, -0.15) is 4.31 Å². The van der Waals surface area contributed by atoms with Crippen molar-refractivity contribution in [1.29, 1.82) is 0 Å². The van der Waals surface area contributed by atoms with Gasteiger partial charge in [-0.25, -0.2) is 8.42 Å². The predicted molar refractivity (Wildman–Crippen MR) is 83.2 cm³/mol. The number of nitrogens with two attached hydrogens (primary N) is 1. The van der Waals surface area contributed by atoms with E-state index in [4.69, 9.17) is 5.73 Å². The summed E-state index contributed by atoms with van der Waals surface area (Å²) >= 11 is 0. The van der Waals surface area contributed by atoms with Crippen LogP contribution in [0, 0.1) is 0 Å². The van der Waals surface area contributed by atoms with Crippen LogP contribution < -0.4 is 5.73 Å². The zero-order valence-electron chi connectivity index (χ0n) is 11.6. The number of benzene rings is 2. The normalized spacial score (nSPS) is 19.7. The molecular formula is C16H18N2O2S. The highest BCUT2D eigenvalue weighted by Gasteiger charge is 2.36. The Kier molecular flexibility index (Phi) is 3.69. The minimum absolute atomic E-state index is 0.0855. The van der Waals surface area contributed by atoms with Crippen LogP contribution in [0.1, 0.15) is 24.4 Å². The van der Waals surface area contributed by atoms with Crippen molar-refractivity contribution in [3.8, 4) is 0 Å². The number of anilines is 1. The third kappa shape index (κ3) is 2.66. The van der Waals surface area contributed by atoms with Crippen LogP contribution >= 0.6 is 0 Å². The fourth-order valence-corrected chi connectivity index (χ4v) is 4.58. The Morgan fingerprint density at radius 3 is 2.52 bits per heavy atom. The molecule has 110 valence electrons. The molecule has 2 aromatic rings. The average Bonchev–Trinajstić information content (AvgIpc) is 2.98. The molecule has 2 aromatic carbocycles. The molecule has 1 saturated heterocycles. The van der Waals surface area contributed by atoms with Crippen molar-refractivity contribution in [3.05, 3.63) is 60.2 Å². The smallest absolute Gasteiger partial charge is 0.243 e. The summed E-state index contributed by atoms with van der Waals surface area (Å²) in [6.07, 6.45) is 1.73. The lowest BCUT2D eigenvalue weighted by Crippen LogP contribution is -2.30. The van der Waals surface area contributed by atoms with E-state index in [1.807, 2.05) is 30.3 Å². The van der Waals surface area contributed by atoms with Crippen LogP contribution in [-0.2, 0) is 10.0 Å². The van der Waals surface area contributed by atoms with Gasteiger partial charge in [0.05, 0.1) is 10.9 Å². The number of sulfonamides is 1. The Labute approximate surface area is 125 Å². The maximum Gasteiger partial charge on any atom is 0.243 e. The highest BCUT2D eigenvalue weighted by molar-refractivity contribution is 7.89. The van der Waals surface area contributed by atoms with Gasteiger partial charge >= 0.3 is 0 Å². The lowest BCUT2D eigenvalue weighted by Gasteiger charge is -2.24. The first kappa shape index (κ1) is 14.1. The van der Waals surface area contributed by atoms with Gasteiger partial charge in [-0.1, -0.05) is 36.4 Å². The van der Waals surface area contributed by atoms with E-state index in [-0.39, 0.29) is 10.9 Å². The van der Waals surface area contributed by atoms with Crippen LogP contribution in [0.15, 0.2) is 59.5 Å². The lowest BCUT2D eigenvalue weighted by molar-refractivity contribution is 0.397. The van der Waals surface area contributed by atoms with Gasteiger partial charge in [0.1, 0.15) is 0 Å². The molecule has 1 heterocycles. The van der Waals surface area contributed by atoms with Gasteiger partial charge in [-0.15, -0.1) is 0 Å². The number of hydrogen-bond acceptors (Lipinski definition) is 3. The van der Waals surface area contributed by atoms with Gasteiger partial charge in [0.15, 0.2) is 0 Å². The molecule has 0 aromatic heterocycles. The third-order valence-electron chi connectivity index (χ3n) is 3.85. The molecule has 0 aliphatic carbocycles. The van der Waals surface area contributed by atoms with E-state index < -0.39 is 10.0 Å². The van der Waals surface area contributed by atoms with Gasteiger partial charge in [-0.05, 0) is 36.6 Å². The summed E-state index contributed by atoms with van der Waals surface area (Å²) in [7, 11) is -3.51. The number of nitrogens with zero attached hydrogens (tertiary/aromatic N) is 1. The van der Waals surface area contributed by atoms with E-state index in [0.29, 0.717) is 12.2 Å². The standard InChI is InChI=1S/C16H18N2O2S/c17-14-8-4-9-15(12-14)21(19,20)18-11-5-10-16(18)13-6-2-1-3-7-13/h1-4,6-9,12,16H,5,10-11,17H2. The Morgan fingerprint density at radius 2 is 1.81 bits per heavy atom. The van der Waals surface area contributed by atoms with Crippen LogP contribution in [0.5, 0.6) is 0 Å². The number of hydrogen-bond donors (Lipinski definition) is 1. The Bertz CT molecular complexity index is 729. The van der Waals surface area contributed by atoms with E-state index in [0.717, 1.165) is 18.4 Å². The van der Waals surface area contributed by atoms with Crippen molar-refractivity contribution in [3.63, 3.8) is 0 Å². The SMILES string of the molecule is Nc1cccc(S(=O)(=O)N2CCCC2c2ccccc2)c1. The molecule has 1 aliphatic heterocycles. The Hall–Kier alpha value is -1.85. The zero-order chi connectivity index (χ0) is 14.9. The van der Waals surface area contributed by atoms with Gasteiger partial charge in [0.2, 0.25) is 10.0 Å². The minimum atomic E-state index is -3.51. The maximum atomic E-state index is 12.8. The zero-order valence-corrected chi connectivity index (χ0v) is 12.5. The van der Waals surface area contributed by atoms with E-state index in [9.17, 15) is 8.42 Å². The molecule has 0 amide bonds. The molecule has 1 aliphatic rings. The molecule has 2 N–H and O–H groups in total.